The van der Waals surface area contributed by atoms with Crippen molar-refractivity contribution in [3.8, 4) is 5.69 Å². The summed E-state index contributed by atoms with van der Waals surface area (Å²) < 4.78 is 3.07. The lowest BCUT2D eigenvalue weighted by Gasteiger charge is -2.10. The number of hydrogen-bond acceptors (Lipinski definition) is 4. The molecule has 0 unspecified atom stereocenters. The number of nitrogens with zero attached hydrogens (tertiary/aromatic N) is 4. The highest BCUT2D eigenvalue weighted by molar-refractivity contribution is 6.32. The molecule has 2 aromatic heterocycles. The van der Waals surface area contributed by atoms with E-state index in [2.05, 4.69) is 22.4 Å². The van der Waals surface area contributed by atoms with Crippen LogP contribution in [0.4, 0.5) is 5.69 Å². The van der Waals surface area contributed by atoms with Crippen molar-refractivity contribution in [2.45, 2.75) is 19.9 Å². The summed E-state index contributed by atoms with van der Waals surface area (Å²) in [6.45, 7) is 2.59. The molecular formula is C17H18ClN5O. The zero-order valence-electron chi connectivity index (χ0n) is 13.5. The molecule has 6 nitrogen and oxygen atoms in total. The molecule has 0 amide bonds. The largest absolute Gasteiger partial charge is 0.378 e. The number of aromatic nitrogens is 4. The van der Waals surface area contributed by atoms with Crippen LogP contribution < -0.4 is 10.9 Å². The third kappa shape index (κ3) is 3.19. The Bertz CT molecular complexity index is 901. The Kier molecular flexibility index (Phi) is 4.66. The fourth-order valence-corrected chi connectivity index (χ4v) is 2.72. The fraction of sp³-hybridized carbons (Fsp3) is 0.235. The van der Waals surface area contributed by atoms with Crippen LogP contribution in [0.1, 0.15) is 18.2 Å². The Morgan fingerprint density at radius 2 is 2.00 bits per heavy atom. The Morgan fingerprint density at radius 1 is 1.25 bits per heavy atom. The Hall–Kier alpha value is -2.60. The summed E-state index contributed by atoms with van der Waals surface area (Å²) in [6, 6.07) is 9.18. The topological polar surface area (TPSA) is 64.7 Å². The molecule has 1 aromatic carbocycles. The first-order valence-corrected chi connectivity index (χ1v) is 8.06. The van der Waals surface area contributed by atoms with Gasteiger partial charge in [0.15, 0.2) is 0 Å². The van der Waals surface area contributed by atoms with E-state index in [9.17, 15) is 4.79 Å². The van der Waals surface area contributed by atoms with Gasteiger partial charge in [-0.05, 0) is 18.6 Å². The molecule has 0 aliphatic carbocycles. The summed E-state index contributed by atoms with van der Waals surface area (Å²) in [5.41, 5.74) is 2.93. The number of halogens is 1. The van der Waals surface area contributed by atoms with E-state index in [4.69, 9.17) is 11.6 Å². The number of para-hydroxylation sites is 1. The van der Waals surface area contributed by atoms with Crippen molar-refractivity contribution >= 4 is 17.3 Å². The number of anilines is 1. The van der Waals surface area contributed by atoms with Gasteiger partial charge < -0.3 is 5.32 Å². The van der Waals surface area contributed by atoms with Gasteiger partial charge in [-0.15, -0.1) is 0 Å². The van der Waals surface area contributed by atoms with Crippen molar-refractivity contribution in [2.24, 2.45) is 7.05 Å². The highest BCUT2D eigenvalue weighted by Crippen LogP contribution is 2.18. The molecule has 0 aliphatic rings. The van der Waals surface area contributed by atoms with Crippen LogP contribution in [0.25, 0.3) is 5.69 Å². The second kappa shape index (κ2) is 6.88. The normalized spacial score (nSPS) is 10.8. The van der Waals surface area contributed by atoms with E-state index in [1.807, 2.05) is 31.4 Å². The lowest BCUT2D eigenvalue weighted by molar-refractivity contribution is 0.746. The maximum absolute atomic E-state index is 12.4. The van der Waals surface area contributed by atoms with E-state index in [1.165, 1.54) is 4.68 Å². The maximum atomic E-state index is 12.4. The fourth-order valence-electron chi connectivity index (χ4n) is 2.53. The van der Waals surface area contributed by atoms with Gasteiger partial charge in [0.1, 0.15) is 5.02 Å². The van der Waals surface area contributed by atoms with Gasteiger partial charge in [0.2, 0.25) is 0 Å². The van der Waals surface area contributed by atoms with Gasteiger partial charge >= 0.3 is 0 Å². The third-order valence-corrected chi connectivity index (χ3v) is 4.08. The van der Waals surface area contributed by atoms with Crippen molar-refractivity contribution in [3.63, 3.8) is 0 Å². The molecular weight excluding hydrogens is 326 g/mol. The van der Waals surface area contributed by atoms with E-state index in [1.54, 1.807) is 23.0 Å². The van der Waals surface area contributed by atoms with Crippen LogP contribution >= 0.6 is 11.6 Å². The average molecular weight is 344 g/mol. The molecule has 3 rings (SSSR count). The minimum absolute atomic E-state index is 0.121. The molecule has 0 atom stereocenters. The summed E-state index contributed by atoms with van der Waals surface area (Å²) in [6.07, 6.45) is 4.37. The molecule has 124 valence electrons. The first-order chi connectivity index (χ1) is 11.6. The molecule has 24 heavy (non-hydrogen) atoms. The van der Waals surface area contributed by atoms with Crippen LogP contribution in [0.5, 0.6) is 0 Å². The molecule has 0 saturated heterocycles. The van der Waals surface area contributed by atoms with Gasteiger partial charge in [-0.2, -0.15) is 14.9 Å². The standard InChI is InChI=1S/C17H18ClN5O/c1-3-14-12(11-22(2)21-14)9-19-15-10-20-23(17(24)16(15)18)13-7-5-4-6-8-13/h4-8,10-11,19H,3,9H2,1-2H3. The molecule has 0 spiro atoms. The highest BCUT2D eigenvalue weighted by atomic mass is 35.5. The van der Waals surface area contributed by atoms with Gasteiger partial charge in [-0.25, -0.2) is 0 Å². The van der Waals surface area contributed by atoms with E-state index in [-0.39, 0.29) is 10.6 Å². The number of nitrogens with one attached hydrogen (secondary N) is 1. The molecule has 0 bridgehead atoms. The molecule has 0 radical (unpaired) electrons. The smallest absolute Gasteiger partial charge is 0.292 e. The van der Waals surface area contributed by atoms with Crippen molar-refractivity contribution in [1.82, 2.24) is 19.6 Å². The molecule has 7 heteroatoms. The summed E-state index contributed by atoms with van der Waals surface area (Å²) in [4.78, 5) is 12.4. The first kappa shape index (κ1) is 16.3. The Labute approximate surface area is 144 Å². The van der Waals surface area contributed by atoms with Crippen LogP contribution in [-0.2, 0) is 20.0 Å². The zero-order chi connectivity index (χ0) is 17.1. The van der Waals surface area contributed by atoms with E-state index >= 15 is 0 Å². The van der Waals surface area contributed by atoms with Gasteiger partial charge in [0.05, 0.1) is 23.3 Å². The van der Waals surface area contributed by atoms with Crippen LogP contribution in [0.2, 0.25) is 5.02 Å². The van der Waals surface area contributed by atoms with Gasteiger partial charge in [0.25, 0.3) is 5.56 Å². The zero-order valence-corrected chi connectivity index (χ0v) is 14.3. The summed E-state index contributed by atoms with van der Waals surface area (Å²) in [5.74, 6) is 0. The minimum atomic E-state index is -0.352. The molecule has 1 N–H and O–H groups in total. The summed E-state index contributed by atoms with van der Waals surface area (Å²) in [5, 5.41) is 11.9. The van der Waals surface area contributed by atoms with Crippen molar-refractivity contribution in [3.05, 3.63) is 69.4 Å². The molecule has 0 aliphatic heterocycles. The first-order valence-electron chi connectivity index (χ1n) is 7.68. The Balaban J connectivity index is 1.85. The summed E-state index contributed by atoms with van der Waals surface area (Å²) >= 11 is 6.24. The monoisotopic (exact) mass is 343 g/mol. The van der Waals surface area contributed by atoms with E-state index in [0.717, 1.165) is 17.7 Å². The lowest BCUT2D eigenvalue weighted by Crippen LogP contribution is -2.22. The average Bonchev–Trinajstić information content (AvgIpc) is 2.97. The number of rotatable bonds is 5. The molecule has 0 fully saturated rings. The number of hydrogen-bond donors (Lipinski definition) is 1. The number of aryl methyl sites for hydroxylation is 2. The minimum Gasteiger partial charge on any atom is -0.378 e. The maximum Gasteiger partial charge on any atom is 0.292 e. The van der Waals surface area contributed by atoms with Crippen LogP contribution in [0, 0.1) is 0 Å². The predicted molar refractivity (Wildman–Crippen MR) is 94.8 cm³/mol. The van der Waals surface area contributed by atoms with Crippen molar-refractivity contribution < 1.29 is 0 Å². The van der Waals surface area contributed by atoms with Crippen LogP contribution in [-0.4, -0.2) is 19.6 Å². The van der Waals surface area contributed by atoms with Gasteiger partial charge in [0, 0.05) is 25.4 Å². The second-order valence-corrected chi connectivity index (χ2v) is 5.78. The van der Waals surface area contributed by atoms with Crippen LogP contribution in [0.15, 0.2) is 47.5 Å². The van der Waals surface area contributed by atoms with Gasteiger partial charge in [-0.3, -0.25) is 9.48 Å². The highest BCUT2D eigenvalue weighted by Gasteiger charge is 2.12. The van der Waals surface area contributed by atoms with Crippen molar-refractivity contribution in [1.29, 1.82) is 0 Å². The van der Waals surface area contributed by atoms with Crippen LogP contribution in [0.3, 0.4) is 0 Å². The van der Waals surface area contributed by atoms with Gasteiger partial charge in [-0.1, -0.05) is 36.7 Å². The van der Waals surface area contributed by atoms with E-state index < -0.39 is 0 Å². The lowest BCUT2D eigenvalue weighted by atomic mass is 10.2. The molecule has 2 heterocycles. The predicted octanol–water partition coefficient (Wildman–Crippen LogP) is 2.79. The Morgan fingerprint density at radius 3 is 2.71 bits per heavy atom. The SMILES string of the molecule is CCc1nn(C)cc1CNc1cnn(-c2ccccc2)c(=O)c1Cl. The second-order valence-electron chi connectivity index (χ2n) is 5.41. The summed E-state index contributed by atoms with van der Waals surface area (Å²) in [7, 11) is 1.89. The quantitative estimate of drug-likeness (QED) is 0.773. The third-order valence-electron chi connectivity index (χ3n) is 3.72. The van der Waals surface area contributed by atoms with E-state index in [0.29, 0.717) is 17.9 Å². The van der Waals surface area contributed by atoms with Crippen molar-refractivity contribution in [2.75, 3.05) is 5.32 Å². The number of benzene rings is 1. The molecule has 0 saturated carbocycles. The molecule has 3 aromatic rings.